The molecule has 1 fully saturated rings. The molecule has 0 aliphatic carbocycles. The number of carbonyl (C=O) groups excluding carboxylic acids is 3. The summed E-state index contributed by atoms with van der Waals surface area (Å²) in [5.41, 5.74) is 1.44. The van der Waals surface area contributed by atoms with E-state index < -0.39 is 24.2 Å². The predicted octanol–water partition coefficient (Wildman–Crippen LogP) is 2.24. The third-order valence-corrected chi connectivity index (χ3v) is 5.45. The second-order valence-electron chi connectivity index (χ2n) is 7.56. The molecule has 1 aromatic heterocycles. The largest absolute Gasteiger partial charge is 0.414 e. The van der Waals surface area contributed by atoms with E-state index in [0.29, 0.717) is 19.5 Å². The molecule has 0 spiro atoms. The lowest BCUT2D eigenvalue weighted by molar-refractivity contribution is -0.156. The van der Waals surface area contributed by atoms with Crippen molar-refractivity contribution in [1.29, 1.82) is 0 Å². The van der Waals surface area contributed by atoms with Crippen LogP contribution in [0, 0.1) is 0 Å². The molecule has 7 nitrogen and oxygen atoms in total. The van der Waals surface area contributed by atoms with Crippen molar-refractivity contribution < 1.29 is 27.6 Å². The number of amides is 3. The van der Waals surface area contributed by atoms with Crippen LogP contribution in [0.3, 0.4) is 0 Å². The molecular weight excluding hydrogens is 413 g/mol. The number of hydrogen-bond donors (Lipinski definition) is 2. The van der Waals surface area contributed by atoms with Crippen LogP contribution >= 0.6 is 0 Å². The van der Waals surface area contributed by atoms with Gasteiger partial charge in [-0.1, -0.05) is 12.1 Å². The molecule has 162 valence electrons. The number of benzene rings is 1. The van der Waals surface area contributed by atoms with Crippen LogP contribution in [0.5, 0.6) is 0 Å². The third-order valence-electron chi connectivity index (χ3n) is 5.45. The van der Waals surface area contributed by atoms with Crippen LogP contribution in [-0.2, 0) is 22.7 Å². The van der Waals surface area contributed by atoms with Crippen molar-refractivity contribution in [3.05, 3.63) is 65.0 Å². The number of hydrogen-bond acceptors (Lipinski definition) is 5. The molecule has 3 heterocycles. The van der Waals surface area contributed by atoms with Gasteiger partial charge in [0.05, 0.1) is 11.7 Å². The predicted molar refractivity (Wildman–Crippen MR) is 102 cm³/mol. The van der Waals surface area contributed by atoms with Gasteiger partial charge in [0, 0.05) is 31.3 Å². The number of nitrogens with one attached hydrogen (secondary N) is 2. The van der Waals surface area contributed by atoms with Crippen molar-refractivity contribution in [2.24, 2.45) is 0 Å². The molecule has 3 amide bonds. The van der Waals surface area contributed by atoms with Crippen molar-refractivity contribution in [3.8, 4) is 0 Å². The second-order valence-corrected chi connectivity index (χ2v) is 7.56. The summed E-state index contributed by atoms with van der Waals surface area (Å²) in [5, 5.41) is 4.34. The summed E-state index contributed by atoms with van der Waals surface area (Å²) >= 11 is 0. The number of rotatable bonds is 4. The number of pyridine rings is 1. The maximum Gasteiger partial charge on any atom is 0.414 e. The SMILES string of the molecule is O=C1CCC(N2Cc3ccc(C(=O)N[C@H](c4ccccn4)C(F)(F)F)cc3C2)C(=O)N1. The lowest BCUT2D eigenvalue weighted by Gasteiger charge is -2.29. The number of alkyl halides is 3. The Labute approximate surface area is 175 Å². The molecule has 1 aromatic carbocycles. The lowest BCUT2D eigenvalue weighted by atomic mass is 10.0. The van der Waals surface area contributed by atoms with E-state index in [4.69, 9.17) is 0 Å². The van der Waals surface area contributed by atoms with Crippen molar-refractivity contribution >= 4 is 17.7 Å². The van der Waals surface area contributed by atoms with Gasteiger partial charge in [-0.25, -0.2) is 0 Å². The minimum absolute atomic E-state index is 0.0917. The summed E-state index contributed by atoms with van der Waals surface area (Å²) in [4.78, 5) is 41.7. The van der Waals surface area contributed by atoms with Crippen LogP contribution in [0.4, 0.5) is 13.2 Å². The van der Waals surface area contributed by atoms with Crippen LogP contribution in [0.2, 0.25) is 0 Å². The van der Waals surface area contributed by atoms with Gasteiger partial charge in [-0.2, -0.15) is 13.2 Å². The highest BCUT2D eigenvalue weighted by atomic mass is 19.4. The highest BCUT2D eigenvalue weighted by molar-refractivity contribution is 6.00. The van der Waals surface area contributed by atoms with Gasteiger partial charge in [0.2, 0.25) is 11.8 Å². The standard InChI is InChI=1S/C21H19F3N4O3/c22-21(23,24)18(15-3-1-2-8-25-15)27-19(30)12-4-5-13-10-28(11-14(13)9-12)16-6-7-17(29)26-20(16)31/h1-5,8-9,16,18H,6-7,10-11H2,(H,27,30)(H,26,29,31)/t16?,18-/m1/s1. The normalized spacial score (nSPS) is 20.2. The van der Waals surface area contributed by atoms with E-state index in [0.717, 1.165) is 11.1 Å². The highest BCUT2D eigenvalue weighted by Crippen LogP contribution is 2.32. The first kappa shape index (κ1) is 21.0. The first-order valence-electron chi connectivity index (χ1n) is 9.70. The number of carbonyl (C=O) groups is 3. The van der Waals surface area contributed by atoms with Crippen molar-refractivity contribution in [2.45, 2.75) is 44.2 Å². The molecule has 2 N–H and O–H groups in total. The number of fused-ring (bicyclic) bond motifs is 1. The number of nitrogens with zero attached hydrogens (tertiary/aromatic N) is 2. The van der Waals surface area contributed by atoms with Crippen LogP contribution in [0.15, 0.2) is 42.6 Å². The molecule has 0 bridgehead atoms. The minimum atomic E-state index is -4.71. The van der Waals surface area contributed by atoms with Crippen LogP contribution in [0.25, 0.3) is 0 Å². The van der Waals surface area contributed by atoms with Crippen LogP contribution < -0.4 is 10.6 Å². The van der Waals surface area contributed by atoms with Gasteiger partial charge in [0.1, 0.15) is 0 Å². The molecule has 0 saturated carbocycles. The number of halogens is 3. The Morgan fingerprint density at radius 3 is 2.61 bits per heavy atom. The summed E-state index contributed by atoms with van der Waals surface area (Å²) in [6, 6.07) is 6.13. The summed E-state index contributed by atoms with van der Waals surface area (Å²) < 4.78 is 40.5. The van der Waals surface area contributed by atoms with Crippen LogP contribution in [-0.4, -0.2) is 39.8 Å². The summed E-state index contributed by atoms with van der Waals surface area (Å²) in [6.45, 7) is 0.828. The fraction of sp³-hybridized carbons (Fsp3) is 0.333. The topological polar surface area (TPSA) is 91.4 Å². The fourth-order valence-electron chi connectivity index (χ4n) is 3.90. The zero-order valence-electron chi connectivity index (χ0n) is 16.3. The van der Waals surface area contributed by atoms with E-state index in [2.05, 4.69) is 10.3 Å². The van der Waals surface area contributed by atoms with E-state index in [1.165, 1.54) is 30.5 Å². The molecule has 1 unspecified atom stereocenters. The fourth-order valence-corrected chi connectivity index (χ4v) is 3.90. The van der Waals surface area contributed by atoms with Crippen molar-refractivity contribution in [2.75, 3.05) is 0 Å². The molecular formula is C21H19F3N4O3. The number of aromatic nitrogens is 1. The average molecular weight is 432 g/mol. The first-order valence-corrected chi connectivity index (χ1v) is 9.70. The zero-order chi connectivity index (χ0) is 22.2. The van der Waals surface area contributed by atoms with E-state index in [-0.39, 0.29) is 29.5 Å². The Hall–Kier alpha value is -3.27. The van der Waals surface area contributed by atoms with Crippen molar-refractivity contribution in [1.82, 2.24) is 20.5 Å². The lowest BCUT2D eigenvalue weighted by Crippen LogP contribution is -2.50. The Bertz CT molecular complexity index is 1030. The Morgan fingerprint density at radius 1 is 1.16 bits per heavy atom. The number of imide groups is 1. The Kier molecular flexibility index (Phi) is 5.48. The molecule has 0 radical (unpaired) electrons. The summed E-state index contributed by atoms with van der Waals surface area (Å²) in [6.07, 6.45) is -2.81. The molecule has 31 heavy (non-hydrogen) atoms. The van der Waals surface area contributed by atoms with Crippen LogP contribution in [0.1, 0.15) is 46.1 Å². The van der Waals surface area contributed by atoms with Gasteiger partial charge < -0.3 is 5.32 Å². The molecule has 2 aromatic rings. The first-order chi connectivity index (χ1) is 14.7. The quantitative estimate of drug-likeness (QED) is 0.724. The minimum Gasteiger partial charge on any atom is -0.335 e. The van der Waals surface area contributed by atoms with Gasteiger partial charge in [-0.15, -0.1) is 0 Å². The molecule has 2 aliphatic rings. The summed E-state index contributed by atoms with van der Waals surface area (Å²) in [7, 11) is 0. The van der Waals surface area contributed by atoms with Gasteiger partial charge in [-0.05, 0) is 41.8 Å². The van der Waals surface area contributed by atoms with Gasteiger partial charge in [0.25, 0.3) is 5.91 Å². The van der Waals surface area contributed by atoms with E-state index in [9.17, 15) is 27.6 Å². The monoisotopic (exact) mass is 432 g/mol. The average Bonchev–Trinajstić information content (AvgIpc) is 3.14. The molecule has 10 heteroatoms. The Morgan fingerprint density at radius 2 is 1.94 bits per heavy atom. The number of piperidine rings is 1. The van der Waals surface area contributed by atoms with Gasteiger partial charge in [0.15, 0.2) is 6.04 Å². The van der Waals surface area contributed by atoms with E-state index in [1.807, 2.05) is 10.2 Å². The highest BCUT2D eigenvalue weighted by Gasteiger charge is 2.43. The van der Waals surface area contributed by atoms with Crippen molar-refractivity contribution in [3.63, 3.8) is 0 Å². The maximum atomic E-state index is 13.5. The molecule has 4 rings (SSSR count). The maximum absolute atomic E-state index is 13.5. The smallest absolute Gasteiger partial charge is 0.335 e. The second kappa shape index (κ2) is 8.10. The van der Waals surface area contributed by atoms with Gasteiger partial charge in [-0.3, -0.25) is 29.6 Å². The zero-order valence-corrected chi connectivity index (χ0v) is 16.3. The Balaban J connectivity index is 1.49. The molecule has 2 atom stereocenters. The van der Waals surface area contributed by atoms with Gasteiger partial charge >= 0.3 is 6.18 Å². The molecule has 2 aliphatic heterocycles. The van der Waals surface area contributed by atoms with E-state index in [1.54, 1.807) is 12.1 Å². The van der Waals surface area contributed by atoms with E-state index >= 15 is 0 Å². The molecule has 1 saturated heterocycles. The third kappa shape index (κ3) is 4.43. The summed E-state index contributed by atoms with van der Waals surface area (Å²) in [5.74, 6) is -1.52.